The third kappa shape index (κ3) is 2.64. The molecule has 2 rings (SSSR count). The molecule has 0 aliphatic heterocycles. The highest BCUT2D eigenvalue weighted by molar-refractivity contribution is 6.31. The molecule has 0 spiro atoms. The van der Waals surface area contributed by atoms with E-state index in [2.05, 4.69) is 0 Å². The summed E-state index contributed by atoms with van der Waals surface area (Å²) in [6.45, 7) is 0. The van der Waals surface area contributed by atoms with Gasteiger partial charge in [-0.25, -0.2) is 4.39 Å². The summed E-state index contributed by atoms with van der Waals surface area (Å²) in [5, 5.41) is -0.373. The van der Waals surface area contributed by atoms with E-state index in [9.17, 15) is 17.6 Å². The first-order chi connectivity index (χ1) is 8.38. The molecule has 0 saturated carbocycles. The van der Waals surface area contributed by atoms with Gasteiger partial charge in [0.2, 0.25) is 0 Å². The molecular weight excluding hydrogens is 268 g/mol. The average Bonchev–Trinajstić information content (AvgIpc) is 2.28. The average molecular weight is 275 g/mol. The smallest absolute Gasteiger partial charge is 0.207 e. The fourth-order valence-corrected chi connectivity index (χ4v) is 1.81. The molecule has 0 unspecified atom stereocenters. The van der Waals surface area contributed by atoms with E-state index < -0.39 is 17.6 Å². The van der Waals surface area contributed by atoms with Crippen LogP contribution in [0, 0.1) is 5.82 Å². The van der Waals surface area contributed by atoms with Crippen molar-refractivity contribution in [3.05, 3.63) is 58.9 Å². The van der Waals surface area contributed by atoms with Crippen molar-refractivity contribution in [3.8, 4) is 11.1 Å². The van der Waals surface area contributed by atoms with Gasteiger partial charge in [-0.05, 0) is 35.4 Å². The zero-order chi connectivity index (χ0) is 13.3. The van der Waals surface area contributed by atoms with Crippen LogP contribution < -0.4 is 0 Å². The van der Waals surface area contributed by atoms with Crippen LogP contribution in [0.15, 0.2) is 42.5 Å². The Bertz CT molecular complexity index is 575. The fourth-order valence-electron chi connectivity index (χ4n) is 1.59. The molecule has 5 heteroatoms. The number of rotatable bonds is 1. The van der Waals surface area contributed by atoms with E-state index in [-0.39, 0.29) is 10.6 Å². The Labute approximate surface area is 106 Å². The molecule has 18 heavy (non-hydrogen) atoms. The van der Waals surface area contributed by atoms with Gasteiger partial charge < -0.3 is 0 Å². The number of benzene rings is 2. The molecule has 2 aromatic carbocycles. The largest absolute Gasteiger partial charge is 0.417 e. The van der Waals surface area contributed by atoms with Crippen molar-refractivity contribution in [3.63, 3.8) is 0 Å². The quantitative estimate of drug-likeness (QED) is 0.630. The Morgan fingerprint density at radius 3 is 2.17 bits per heavy atom. The number of hydrogen-bond acceptors (Lipinski definition) is 0. The van der Waals surface area contributed by atoms with Gasteiger partial charge in [-0.15, -0.1) is 0 Å². The zero-order valence-corrected chi connectivity index (χ0v) is 9.69. The van der Waals surface area contributed by atoms with Crippen LogP contribution in [-0.4, -0.2) is 0 Å². The van der Waals surface area contributed by atoms with Crippen molar-refractivity contribution < 1.29 is 17.6 Å². The summed E-state index contributed by atoms with van der Waals surface area (Å²) < 4.78 is 51.0. The van der Waals surface area contributed by atoms with E-state index in [1.54, 1.807) is 0 Å². The van der Waals surface area contributed by atoms with Crippen LogP contribution in [0.2, 0.25) is 5.02 Å². The minimum atomic E-state index is -4.53. The van der Waals surface area contributed by atoms with E-state index in [0.717, 1.165) is 12.1 Å². The number of alkyl halides is 3. The Morgan fingerprint density at radius 2 is 1.56 bits per heavy atom. The maximum absolute atomic E-state index is 13.0. The molecule has 0 aliphatic rings. The molecular formula is C13H7ClF4. The van der Waals surface area contributed by atoms with Crippen molar-refractivity contribution in [1.29, 1.82) is 0 Å². The van der Waals surface area contributed by atoms with Gasteiger partial charge in [-0.1, -0.05) is 29.8 Å². The molecule has 0 heterocycles. The van der Waals surface area contributed by atoms with Crippen LogP contribution in [0.25, 0.3) is 11.1 Å². The molecule has 2 aromatic rings. The molecule has 0 radical (unpaired) electrons. The summed E-state index contributed by atoms with van der Waals surface area (Å²) in [7, 11) is 0. The Kier molecular flexibility index (Phi) is 3.30. The van der Waals surface area contributed by atoms with Crippen LogP contribution >= 0.6 is 11.6 Å². The predicted octanol–water partition coefficient (Wildman–Crippen LogP) is 5.16. The van der Waals surface area contributed by atoms with E-state index >= 15 is 0 Å². The Morgan fingerprint density at radius 1 is 0.889 bits per heavy atom. The molecule has 94 valence electrons. The highest BCUT2D eigenvalue weighted by Gasteiger charge is 2.33. The van der Waals surface area contributed by atoms with Gasteiger partial charge in [0, 0.05) is 0 Å². The lowest BCUT2D eigenvalue weighted by molar-refractivity contribution is -0.137. The number of hydrogen-bond donors (Lipinski definition) is 0. The van der Waals surface area contributed by atoms with Crippen LogP contribution in [0.3, 0.4) is 0 Å². The second-order valence-electron chi connectivity index (χ2n) is 3.70. The molecule has 0 aliphatic carbocycles. The van der Waals surface area contributed by atoms with Gasteiger partial charge in [-0.3, -0.25) is 0 Å². The van der Waals surface area contributed by atoms with Crippen LogP contribution in [0.5, 0.6) is 0 Å². The lowest BCUT2D eigenvalue weighted by Gasteiger charge is -2.11. The maximum atomic E-state index is 13.0. The predicted molar refractivity (Wildman–Crippen MR) is 61.8 cm³/mol. The SMILES string of the molecule is Fc1cccc(-c2ccc(Cl)c(C(F)(F)F)c2)c1. The normalized spacial score (nSPS) is 11.6. The van der Waals surface area contributed by atoms with Gasteiger partial charge in [0.05, 0.1) is 10.6 Å². The number of halogens is 5. The zero-order valence-electron chi connectivity index (χ0n) is 8.93. The van der Waals surface area contributed by atoms with E-state index in [4.69, 9.17) is 11.6 Å². The minimum Gasteiger partial charge on any atom is -0.207 e. The minimum absolute atomic E-state index is 0.270. The fraction of sp³-hybridized carbons (Fsp3) is 0.0769. The molecule has 0 fully saturated rings. The highest BCUT2D eigenvalue weighted by Crippen LogP contribution is 2.37. The summed E-state index contributed by atoms with van der Waals surface area (Å²) in [6.07, 6.45) is -4.53. The molecule has 0 atom stereocenters. The molecule has 0 amide bonds. The van der Waals surface area contributed by atoms with Crippen molar-refractivity contribution >= 4 is 11.6 Å². The second kappa shape index (κ2) is 4.61. The summed E-state index contributed by atoms with van der Waals surface area (Å²) in [6, 6.07) is 8.86. The summed E-state index contributed by atoms with van der Waals surface area (Å²) in [5.74, 6) is -0.504. The van der Waals surface area contributed by atoms with Crippen molar-refractivity contribution in [1.82, 2.24) is 0 Å². The maximum Gasteiger partial charge on any atom is 0.417 e. The first kappa shape index (κ1) is 12.9. The molecule has 0 N–H and O–H groups in total. The van der Waals surface area contributed by atoms with Gasteiger partial charge >= 0.3 is 6.18 Å². The van der Waals surface area contributed by atoms with Gasteiger partial charge in [0.15, 0.2) is 0 Å². The van der Waals surface area contributed by atoms with Crippen molar-refractivity contribution in [2.45, 2.75) is 6.18 Å². The first-order valence-electron chi connectivity index (χ1n) is 5.00. The van der Waals surface area contributed by atoms with Gasteiger partial charge in [0.25, 0.3) is 0 Å². The van der Waals surface area contributed by atoms with Crippen molar-refractivity contribution in [2.24, 2.45) is 0 Å². The molecule has 0 aromatic heterocycles. The van der Waals surface area contributed by atoms with Gasteiger partial charge in [0.1, 0.15) is 5.82 Å². The summed E-state index contributed by atoms with van der Waals surface area (Å²) >= 11 is 5.51. The topological polar surface area (TPSA) is 0 Å². The van der Waals surface area contributed by atoms with Crippen LogP contribution in [0.4, 0.5) is 17.6 Å². The third-order valence-electron chi connectivity index (χ3n) is 2.43. The van der Waals surface area contributed by atoms with Gasteiger partial charge in [-0.2, -0.15) is 13.2 Å². The van der Waals surface area contributed by atoms with Crippen LogP contribution in [-0.2, 0) is 6.18 Å². The summed E-state index contributed by atoms with van der Waals surface area (Å²) in [4.78, 5) is 0. The summed E-state index contributed by atoms with van der Waals surface area (Å²) in [5.41, 5.74) is -0.283. The monoisotopic (exact) mass is 274 g/mol. The molecule has 0 nitrogen and oxygen atoms in total. The molecule has 0 bridgehead atoms. The second-order valence-corrected chi connectivity index (χ2v) is 4.11. The highest BCUT2D eigenvalue weighted by atomic mass is 35.5. The first-order valence-corrected chi connectivity index (χ1v) is 5.38. The van der Waals surface area contributed by atoms with E-state index in [0.29, 0.717) is 5.56 Å². The Hall–Kier alpha value is -1.55. The third-order valence-corrected chi connectivity index (χ3v) is 2.76. The molecule has 0 saturated heterocycles. The van der Waals surface area contributed by atoms with Crippen LogP contribution in [0.1, 0.15) is 5.56 Å². The van der Waals surface area contributed by atoms with E-state index in [1.807, 2.05) is 0 Å². The standard InChI is InChI=1S/C13H7ClF4/c14-12-5-4-9(7-11(12)13(16,17)18)8-2-1-3-10(15)6-8/h1-7H. The van der Waals surface area contributed by atoms with E-state index in [1.165, 1.54) is 30.3 Å². The lowest BCUT2D eigenvalue weighted by Crippen LogP contribution is -2.05. The Balaban J connectivity index is 2.54. The van der Waals surface area contributed by atoms with Crippen molar-refractivity contribution in [2.75, 3.05) is 0 Å². The lowest BCUT2D eigenvalue weighted by atomic mass is 10.0.